The third kappa shape index (κ3) is 4.20. The molecule has 1 atom stereocenters. The SMILES string of the molecule is C[As](C)N[C@@H](CS)C(=O)O. The van der Waals surface area contributed by atoms with E-state index in [4.69, 9.17) is 5.11 Å². The van der Waals surface area contributed by atoms with Crippen LogP contribution in [0.5, 0.6) is 0 Å². The van der Waals surface area contributed by atoms with Crippen molar-refractivity contribution in [2.45, 2.75) is 17.5 Å². The summed E-state index contributed by atoms with van der Waals surface area (Å²) in [6.07, 6.45) is 0. The molecule has 0 aromatic heterocycles. The van der Waals surface area contributed by atoms with Crippen LogP contribution in [-0.2, 0) is 4.79 Å². The first kappa shape index (κ1) is 10.3. The van der Waals surface area contributed by atoms with Crippen molar-refractivity contribution in [2.24, 2.45) is 0 Å². The van der Waals surface area contributed by atoms with E-state index in [1.54, 1.807) is 0 Å². The van der Waals surface area contributed by atoms with Crippen molar-refractivity contribution in [3.05, 3.63) is 0 Å². The van der Waals surface area contributed by atoms with Crippen LogP contribution >= 0.6 is 12.6 Å². The van der Waals surface area contributed by atoms with E-state index in [9.17, 15) is 4.79 Å². The van der Waals surface area contributed by atoms with Crippen molar-refractivity contribution in [1.82, 2.24) is 4.23 Å². The Morgan fingerprint density at radius 3 is 2.40 bits per heavy atom. The second-order valence-electron chi connectivity index (χ2n) is 2.10. The topological polar surface area (TPSA) is 49.3 Å². The van der Waals surface area contributed by atoms with Gasteiger partial charge in [0.1, 0.15) is 0 Å². The summed E-state index contributed by atoms with van der Waals surface area (Å²) in [6, 6.07) is -0.460. The fourth-order valence-corrected chi connectivity index (χ4v) is 2.78. The molecule has 0 bridgehead atoms. The molecule has 0 radical (unpaired) electrons. The number of rotatable bonds is 4. The van der Waals surface area contributed by atoms with E-state index in [-0.39, 0.29) is 0 Å². The van der Waals surface area contributed by atoms with E-state index >= 15 is 0 Å². The predicted octanol–water partition coefficient (Wildman–Crippen LogP) is 0.210. The van der Waals surface area contributed by atoms with Gasteiger partial charge in [0.25, 0.3) is 0 Å². The van der Waals surface area contributed by atoms with Crippen LogP contribution in [0.15, 0.2) is 0 Å². The molecule has 3 nitrogen and oxygen atoms in total. The van der Waals surface area contributed by atoms with Gasteiger partial charge in [0, 0.05) is 0 Å². The predicted molar refractivity (Wildman–Crippen MR) is 45.9 cm³/mol. The Labute approximate surface area is 71.1 Å². The molecule has 0 aromatic rings. The Bertz CT molecular complexity index is 120. The number of hydrogen-bond donors (Lipinski definition) is 3. The molecule has 2 N–H and O–H groups in total. The van der Waals surface area contributed by atoms with Gasteiger partial charge >= 0.3 is 70.8 Å². The summed E-state index contributed by atoms with van der Waals surface area (Å²) < 4.78 is 3.00. The quantitative estimate of drug-likeness (QED) is 0.473. The minimum absolute atomic E-state index is 0.363. The Morgan fingerprint density at radius 2 is 2.30 bits per heavy atom. The fourth-order valence-electron chi connectivity index (χ4n) is 0.486. The van der Waals surface area contributed by atoms with Crippen molar-refractivity contribution in [2.75, 3.05) is 5.75 Å². The van der Waals surface area contributed by atoms with Crippen molar-refractivity contribution in [3.63, 3.8) is 0 Å². The van der Waals surface area contributed by atoms with Crippen LogP contribution in [0, 0.1) is 0 Å². The first-order chi connectivity index (χ1) is 4.57. The number of hydrogen-bond acceptors (Lipinski definition) is 3. The summed E-state index contributed by atoms with van der Waals surface area (Å²) in [4.78, 5) is 10.4. The molecule has 5 heteroatoms. The zero-order valence-corrected chi connectivity index (χ0v) is 8.81. The first-order valence-electron chi connectivity index (χ1n) is 2.85. The Balaban J connectivity index is 3.72. The molecule has 0 saturated carbocycles. The van der Waals surface area contributed by atoms with Crippen molar-refractivity contribution < 1.29 is 9.90 Å². The minimum atomic E-state index is -1.04. The van der Waals surface area contributed by atoms with Crippen LogP contribution in [0.2, 0.25) is 11.4 Å². The molecule has 0 aliphatic rings. The number of carboxylic acid groups (broad SMARTS) is 1. The average Bonchev–Trinajstić information content (AvgIpc) is 1.81. The molecule has 0 unspecified atom stereocenters. The molecule has 0 aliphatic carbocycles. The van der Waals surface area contributed by atoms with Gasteiger partial charge in [-0.3, -0.25) is 0 Å². The van der Waals surface area contributed by atoms with E-state index in [0.717, 1.165) is 0 Å². The third-order valence-corrected chi connectivity index (χ3v) is 3.00. The number of nitrogens with one attached hydrogen (secondary N) is 1. The summed E-state index contributed by atoms with van der Waals surface area (Å²) in [5.74, 6) is -0.444. The third-order valence-electron chi connectivity index (χ3n) is 0.895. The zero-order valence-electron chi connectivity index (χ0n) is 6.03. The normalized spacial score (nSPS) is 13.6. The van der Waals surface area contributed by atoms with Crippen LogP contribution in [0.3, 0.4) is 0 Å². The molecule has 10 heavy (non-hydrogen) atoms. The summed E-state index contributed by atoms with van der Waals surface area (Å²) >= 11 is 2.87. The Hall–Kier alpha value is 0.338. The van der Waals surface area contributed by atoms with Crippen LogP contribution in [0.1, 0.15) is 0 Å². The number of carbonyl (C=O) groups is 1. The average molecular weight is 225 g/mol. The first-order valence-corrected chi connectivity index (χ1v) is 8.17. The molecule has 60 valence electrons. The van der Waals surface area contributed by atoms with Gasteiger partial charge in [-0.05, 0) is 0 Å². The van der Waals surface area contributed by atoms with Crippen LogP contribution in [0.4, 0.5) is 0 Å². The van der Waals surface area contributed by atoms with Gasteiger partial charge in [-0.25, -0.2) is 0 Å². The van der Waals surface area contributed by atoms with Crippen molar-refractivity contribution in [1.29, 1.82) is 0 Å². The molecule has 0 aromatic carbocycles. The van der Waals surface area contributed by atoms with Gasteiger partial charge in [-0.1, -0.05) is 0 Å². The van der Waals surface area contributed by atoms with Crippen molar-refractivity contribution in [3.8, 4) is 0 Å². The molecule has 0 aliphatic heterocycles. The summed E-state index contributed by atoms with van der Waals surface area (Å²) in [5, 5.41) is 8.53. The van der Waals surface area contributed by atoms with E-state index in [2.05, 4.69) is 16.9 Å². The van der Waals surface area contributed by atoms with E-state index in [1.807, 2.05) is 11.4 Å². The molecular weight excluding hydrogens is 213 g/mol. The van der Waals surface area contributed by atoms with Gasteiger partial charge in [-0.15, -0.1) is 0 Å². The van der Waals surface area contributed by atoms with Gasteiger partial charge < -0.3 is 0 Å². The van der Waals surface area contributed by atoms with Crippen molar-refractivity contribution >= 4 is 33.5 Å². The van der Waals surface area contributed by atoms with E-state index in [0.29, 0.717) is 5.75 Å². The number of aliphatic carboxylic acids is 1. The Morgan fingerprint density at radius 1 is 1.80 bits per heavy atom. The Kier molecular flexibility index (Phi) is 5.22. The number of carboxylic acids is 1. The van der Waals surface area contributed by atoms with Crippen LogP contribution < -0.4 is 4.23 Å². The zero-order chi connectivity index (χ0) is 8.15. The summed E-state index contributed by atoms with van der Waals surface area (Å²) in [6.45, 7) is 0. The molecule has 0 spiro atoms. The van der Waals surface area contributed by atoms with E-state index < -0.39 is 26.9 Å². The van der Waals surface area contributed by atoms with Crippen LogP contribution in [0.25, 0.3) is 0 Å². The summed E-state index contributed by atoms with van der Waals surface area (Å²) in [5.41, 5.74) is 4.10. The molecule has 0 saturated heterocycles. The fraction of sp³-hybridized carbons (Fsp3) is 0.800. The molecule has 0 rings (SSSR count). The monoisotopic (exact) mass is 225 g/mol. The van der Waals surface area contributed by atoms with Gasteiger partial charge in [-0.2, -0.15) is 0 Å². The molecular formula is C5H12AsNO2S. The standard InChI is InChI=1S/C5H12AsNO2S/c1-6(2)7-4(3-10)5(8)9/h4,7,10H,3H2,1-2H3,(H,8,9)/t4-/m0/s1. The van der Waals surface area contributed by atoms with Gasteiger partial charge in [0.2, 0.25) is 0 Å². The molecule has 0 amide bonds. The van der Waals surface area contributed by atoms with Gasteiger partial charge in [0.05, 0.1) is 0 Å². The van der Waals surface area contributed by atoms with Crippen LogP contribution in [-0.4, -0.2) is 37.7 Å². The van der Waals surface area contributed by atoms with E-state index in [1.165, 1.54) is 0 Å². The number of thiol groups is 1. The second kappa shape index (κ2) is 5.05. The summed E-state index contributed by atoms with van der Waals surface area (Å²) in [7, 11) is 0. The second-order valence-corrected chi connectivity index (χ2v) is 6.76. The maximum absolute atomic E-state index is 10.4. The molecule has 0 fully saturated rings. The van der Waals surface area contributed by atoms with Gasteiger partial charge in [0.15, 0.2) is 0 Å². The molecule has 0 heterocycles. The maximum atomic E-state index is 10.4.